The molecule has 0 bridgehead atoms. The molecule has 2 aromatic carbocycles. The van der Waals surface area contributed by atoms with Crippen molar-refractivity contribution in [2.45, 2.75) is 38.8 Å². The minimum absolute atomic E-state index is 0.116. The zero-order valence-corrected chi connectivity index (χ0v) is 25.3. The summed E-state index contributed by atoms with van der Waals surface area (Å²) in [4.78, 5) is 43.5. The van der Waals surface area contributed by atoms with E-state index in [4.69, 9.17) is 10.2 Å². The van der Waals surface area contributed by atoms with E-state index in [2.05, 4.69) is 10.2 Å². The summed E-state index contributed by atoms with van der Waals surface area (Å²) in [6.07, 6.45) is -4.87. The second-order valence-corrected chi connectivity index (χ2v) is 11.1. The molecule has 4 aromatic rings. The van der Waals surface area contributed by atoms with Crippen molar-refractivity contribution in [2.24, 2.45) is 5.73 Å². The van der Waals surface area contributed by atoms with E-state index < -0.39 is 47.0 Å². The molecule has 1 fully saturated rings. The molecule has 0 unspecified atom stereocenters. The second-order valence-electron chi connectivity index (χ2n) is 11.1. The summed E-state index contributed by atoms with van der Waals surface area (Å²) in [7, 11) is 1.50. The number of carbonyl (C=O) groups excluding carboxylic acids is 1. The summed E-state index contributed by atoms with van der Waals surface area (Å²) >= 11 is 0. The van der Waals surface area contributed by atoms with Crippen molar-refractivity contribution < 1.29 is 26.8 Å². The van der Waals surface area contributed by atoms with Gasteiger partial charge in [0.2, 0.25) is 0 Å². The van der Waals surface area contributed by atoms with E-state index in [-0.39, 0.29) is 29.6 Å². The molecule has 1 amide bonds. The van der Waals surface area contributed by atoms with E-state index in [1.807, 2.05) is 0 Å². The van der Waals surface area contributed by atoms with Gasteiger partial charge >= 0.3 is 11.9 Å². The number of rotatable bonds is 9. The predicted molar refractivity (Wildman–Crippen MR) is 163 cm³/mol. The number of furan rings is 1. The molecule has 10 nitrogen and oxygen atoms in total. The van der Waals surface area contributed by atoms with Gasteiger partial charge in [0.1, 0.15) is 17.3 Å². The summed E-state index contributed by atoms with van der Waals surface area (Å²) < 4.78 is 64.2. The fourth-order valence-corrected chi connectivity index (χ4v) is 5.70. The molecule has 1 aliphatic heterocycles. The molecule has 1 saturated heterocycles. The molecule has 1 atom stereocenters. The van der Waals surface area contributed by atoms with Gasteiger partial charge < -0.3 is 20.4 Å². The fourth-order valence-electron chi connectivity index (χ4n) is 5.70. The summed E-state index contributed by atoms with van der Waals surface area (Å²) in [6.45, 7) is 2.53. The molecule has 1 aliphatic rings. The molecule has 2 aromatic heterocycles. The number of hydrogen-bond donors (Lipinski definition) is 2. The number of benzene rings is 2. The fraction of sp³-hybridized carbons (Fsp3) is 0.344. The third-order valence-corrected chi connectivity index (χ3v) is 8.19. The maximum Gasteiger partial charge on any atom is 0.416 e. The second kappa shape index (κ2) is 13.3. The van der Waals surface area contributed by atoms with Crippen molar-refractivity contribution in [1.29, 1.82) is 0 Å². The van der Waals surface area contributed by atoms with Crippen molar-refractivity contribution in [3.05, 3.63) is 121 Å². The Kier molecular flexibility index (Phi) is 9.49. The van der Waals surface area contributed by atoms with Gasteiger partial charge in [-0.15, -0.1) is 0 Å². The Morgan fingerprint density at radius 2 is 1.65 bits per heavy atom. The number of anilines is 1. The molecule has 14 heteroatoms. The number of aromatic nitrogens is 2. The van der Waals surface area contributed by atoms with Crippen LogP contribution in [0.1, 0.15) is 44.7 Å². The van der Waals surface area contributed by atoms with E-state index >= 15 is 0 Å². The van der Waals surface area contributed by atoms with Gasteiger partial charge in [-0.3, -0.25) is 23.6 Å². The van der Waals surface area contributed by atoms with Gasteiger partial charge in [0.25, 0.3) is 11.5 Å². The molecule has 3 N–H and O–H groups in total. The highest BCUT2D eigenvalue weighted by Gasteiger charge is 2.35. The number of nitrogens with one attached hydrogen (secondary N) is 1. The van der Waals surface area contributed by atoms with Crippen LogP contribution in [0.3, 0.4) is 0 Å². The molecule has 46 heavy (non-hydrogen) atoms. The van der Waals surface area contributed by atoms with Crippen LogP contribution < -0.4 is 27.2 Å². The van der Waals surface area contributed by atoms with Gasteiger partial charge in [0, 0.05) is 50.5 Å². The topological polar surface area (TPSA) is 119 Å². The van der Waals surface area contributed by atoms with Crippen LogP contribution in [-0.4, -0.2) is 53.2 Å². The molecule has 0 spiro atoms. The lowest BCUT2D eigenvalue weighted by atomic mass is 10.1. The summed E-state index contributed by atoms with van der Waals surface area (Å²) in [5, 5.41) is 2.50. The Labute approximate surface area is 261 Å². The number of hydrogen-bond acceptors (Lipinski definition) is 7. The summed E-state index contributed by atoms with van der Waals surface area (Å²) in [6, 6.07) is 13.9. The third kappa shape index (κ3) is 6.77. The Morgan fingerprint density at radius 1 is 0.957 bits per heavy atom. The van der Waals surface area contributed by atoms with Gasteiger partial charge in [-0.2, -0.15) is 13.2 Å². The number of alkyl halides is 3. The van der Waals surface area contributed by atoms with Crippen LogP contribution in [0.5, 0.6) is 0 Å². The Bertz CT molecular complexity index is 1820. The maximum absolute atomic E-state index is 14.9. The third-order valence-electron chi connectivity index (χ3n) is 8.19. The van der Waals surface area contributed by atoms with Crippen LogP contribution in [0.2, 0.25) is 0 Å². The van der Waals surface area contributed by atoms with Gasteiger partial charge in [-0.25, -0.2) is 9.18 Å². The summed E-state index contributed by atoms with van der Waals surface area (Å²) in [5.74, 6) is -0.693. The van der Waals surface area contributed by atoms with Crippen LogP contribution in [0, 0.1) is 12.7 Å². The first-order chi connectivity index (χ1) is 21.9. The van der Waals surface area contributed by atoms with Crippen LogP contribution in [0.25, 0.3) is 0 Å². The van der Waals surface area contributed by atoms with Crippen LogP contribution >= 0.6 is 0 Å². The molecule has 0 radical (unpaired) electrons. The molecule has 244 valence electrons. The smallest absolute Gasteiger partial charge is 0.416 e. The van der Waals surface area contributed by atoms with E-state index in [1.165, 1.54) is 14.0 Å². The lowest BCUT2D eigenvalue weighted by Crippen LogP contribution is -2.51. The predicted octanol–water partition coefficient (Wildman–Crippen LogP) is 3.50. The van der Waals surface area contributed by atoms with Gasteiger partial charge in [0.15, 0.2) is 5.76 Å². The molecule has 5 rings (SSSR count). The lowest BCUT2D eigenvalue weighted by molar-refractivity contribution is -0.138. The number of nitrogens with two attached hydrogens (primary N) is 1. The van der Waals surface area contributed by atoms with Gasteiger partial charge in [-0.1, -0.05) is 36.4 Å². The van der Waals surface area contributed by atoms with Crippen LogP contribution in [-0.2, 0) is 25.8 Å². The van der Waals surface area contributed by atoms with Gasteiger partial charge in [0.05, 0.1) is 25.2 Å². The first kappa shape index (κ1) is 32.7. The van der Waals surface area contributed by atoms with Crippen LogP contribution in [0.15, 0.2) is 74.7 Å². The SMILES string of the molecule is CNC(=O)c1ccc(CN2CCN(c3c(C)n(Cc4c(F)cccc4C(F)(F)F)c(=O)n(C[C@@H](N)c4ccccc4)c3=O)CC2)o1. The zero-order chi connectivity index (χ0) is 33.2. The van der Waals surface area contributed by atoms with E-state index in [0.717, 1.165) is 27.3 Å². The van der Waals surface area contributed by atoms with Gasteiger partial charge in [-0.05, 0) is 36.8 Å². The zero-order valence-electron chi connectivity index (χ0n) is 25.3. The normalized spacial score (nSPS) is 14.8. The Hall–Kier alpha value is -4.69. The molecule has 3 heterocycles. The maximum atomic E-state index is 14.9. The standard InChI is InChI=1S/C32H34F4N6O4/c1-20-28(40-15-13-39(14-16-40)17-22-11-12-27(46-22)29(43)38-2)30(44)42(19-26(37)21-7-4-3-5-8-21)31(45)41(20)18-23-24(32(34,35)36)9-6-10-25(23)33/h3-12,26H,13-19,37H2,1-2H3,(H,38,43)/t26-/m1/s1. The number of piperazine rings is 1. The first-order valence-corrected chi connectivity index (χ1v) is 14.7. The summed E-state index contributed by atoms with van der Waals surface area (Å²) in [5.41, 5.74) is 3.85. The number of nitrogens with zero attached hydrogens (tertiary/aromatic N) is 4. The Balaban J connectivity index is 1.50. The van der Waals surface area contributed by atoms with E-state index in [0.29, 0.717) is 44.0 Å². The van der Waals surface area contributed by atoms with Crippen molar-refractivity contribution in [1.82, 2.24) is 19.4 Å². The first-order valence-electron chi connectivity index (χ1n) is 14.7. The van der Waals surface area contributed by atoms with Crippen molar-refractivity contribution in [3.63, 3.8) is 0 Å². The monoisotopic (exact) mass is 642 g/mol. The lowest BCUT2D eigenvalue weighted by Gasteiger charge is -2.36. The average molecular weight is 643 g/mol. The highest BCUT2D eigenvalue weighted by atomic mass is 19.4. The average Bonchev–Trinajstić information content (AvgIpc) is 3.50. The molecular weight excluding hydrogens is 608 g/mol. The highest BCUT2D eigenvalue weighted by molar-refractivity contribution is 5.91. The minimum atomic E-state index is -4.87. The largest absolute Gasteiger partial charge is 0.455 e. The van der Waals surface area contributed by atoms with Crippen molar-refractivity contribution in [3.8, 4) is 0 Å². The Morgan fingerprint density at radius 3 is 2.30 bits per heavy atom. The number of amides is 1. The molecule has 0 saturated carbocycles. The van der Waals surface area contributed by atoms with Crippen LogP contribution in [0.4, 0.5) is 23.2 Å². The van der Waals surface area contributed by atoms with E-state index in [9.17, 15) is 31.9 Å². The number of halogens is 4. The molecule has 0 aliphatic carbocycles. The van der Waals surface area contributed by atoms with Crippen molar-refractivity contribution in [2.75, 3.05) is 38.1 Å². The highest BCUT2D eigenvalue weighted by Crippen LogP contribution is 2.33. The number of carbonyl (C=O) groups is 1. The van der Waals surface area contributed by atoms with Crippen molar-refractivity contribution >= 4 is 11.6 Å². The molecular formula is C32H34F4N6O4. The quantitative estimate of drug-likeness (QED) is 0.269. The minimum Gasteiger partial charge on any atom is -0.455 e. The van der Waals surface area contributed by atoms with E-state index in [1.54, 1.807) is 47.4 Å².